The molecule has 1 atom stereocenters. The molecule has 0 spiro atoms. The van der Waals surface area contributed by atoms with Gasteiger partial charge in [0, 0.05) is 31.0 Å². The number of aromatic nitrogens is 2. The molecule has 1 unspecified atom stereocenters. The summed E-state index contributed by atoms with van der Waals surface area (Å²) in [5, 5.41) is 15.4. The summed E-state index contributed by atoms with van der Waals surface area (Å²) in [5.74, 6) is -1.29. The second-order valence-corrected chi connectivity index (χ2v) is 6.14. The lowest BCUT2D eigenvalue weighted by Crippen LogP contribution is -2.09. The van der Waals surface area contributed by atoms with Gasteiger partial charge in [-0.1, -0.05) is 18.3 Å². The number of thiazole rings is 2. The van der Waals surface area contributed by atoms with Gasteiger partial charge < -0.3 is 10.4 Å². The Kier molecular flexibility index (Phi) is 4.46. The number of aromatic carboxylic acids is 1. The lowest BCUT2D eigenvalue weighted by molar-refractivity contribution is 0.0687. The van der Waals surface area contributed by atoms with E-state index < -0.39 is 5.97 Å². The number of nitrogens with zero attached hydrogens (tertiary/aromatic N) is 2. The maximum atomic E-state index is 11.4. The first-order valence-electron chi connectivity index (χ1n) is 5.87. The summed E-state index contributed by atoms with van der Waals surface area (Å²) in [6.45, 7) is 3.93. The predicted molar refractivity (Wildman–Crippen MR) is 78.1 cm³/mol. The Bertz CT molecular complexity index is 590. The SMILES string of the molecule is CC(=O)c1sc(NCC(C)c2nccs2)nc1C(=O)O. The van der Waals surface area contributed by atoms with E-state index in [4.69, 9.17) is 5.11 Å². The Morgan fingerprint density at radius 3 is 2.75 bits per heavy atom. The zero-order chi connectivity index (χ0) is 14.7. The Hall–Kier alpha value is -1.80. The second kappa shape index (κ2) is 6.10. The molecule has 2 N–H and O–H groups in total. The molecule has 106 valence electrons. The van der Waals surface area contributed by atoms with E-state index in [0.29, 0.717) is 11.7 Å². The van der Waals surface area contributed by atoms with E-state index in [-0.39, 0.29) is 22.3 Å². The van der Waals surface area contributed by atoms with Crippen LogP contribution in [0.3, 0.4) is 0 Å². The Labute approximate surface area is 123 Å². The van der Waals surface area contributed by atoms with E-state index in [1.165, 1.54) is 6.92 Å². The number of carboxylic acid groups (broad SMARTS) is 1. The molecule has 0 saturated carbocycles. The van der Waals surface area contributed by atoms with Crippen molar-refractivity contribution >= 4 is 39.6 Å². The molecule has 0 fully saturated rings. The lowest BCUT2D eigenvalue weighted by atomic mass is 10.2. The maximum Gasteiger partial charge on any atom is 0.356 e. The number of Topliss-reactive ketones (excluding diaryl/α,β-unsaturated/α-hetero) is 1. The number of nitrogens with one attached hydrogen (secondary N) is 1. The van der Waals surface area contributed by atoms with Gasteiger partial charge in [-0.2, -0.15) is 0 Å². The fraction of sp³-hybridized carbons (Fsp3) is 0.333. The van der Waals surface area contributed by atoms with E-state index in [0.717, 1.165) is 16.3 Å². The molecule has 0 aromatic carbocycles. The van der Waals surface area contributed by atoms with Crippen molar-refractivity contribution in [3.8, 4) is 0 Å². The average Bonchev–Trinajstić information content (AvgIpc) is 3.05. The highest BCUT2D eigenvalue weighted by atomic mass is 32.1. The standard InChI is InChI=1S/C12H13N3O3S2/c1-6(10-13-3-4-19-10)5-14-12-15-8(11(17)18)9(20-12)7(2)16/h3-4,6H,5H2,1-2H3,(H,14,15)(H,17,18). The maximum absolute atomic E-state index is 11.4. The molecular weight excluding hydrogens is 298 g/mol. The summed E-state index contributed by atoms with van der Waals surface area (Å²) in [7, 11) is 0. The number of rotatable bonds is 6. The van der Waals surface area contributed by atoms with E-state index in [1.54, 1.807) is 17.5 Å². The zero-order valence-corrected chi connectivity index (χ0v) is 12.5. The number of hydrogen-bond acceptors (Lipinski definition) is 7. The topological polar surface area (TPSA) is 92.2 Å². The number of anilines is 1. The predicted octanol–water partition coefficient (Wildman–Crippen LogP) is 2.72. The van der Waals surface area contributed by atoms with Crippen LogP contribution in [0, 0.1) is 0 Å². The van der Waals surface area contributed by atoms with Crippen LogP contribution in [-0.4, -0.2) is 33.4 Å². The van der Waals surface area contributed by atoms with E-state index >= 15 is 0 Å². The van der Waals surface area contributed by atoms with Crippen molar-refractivity contribution in [3.05, 3.63) is 27.2 Å². The van der Waals surface area contributed by atoms with Gasteiger partial charge in [-0.25, -0.2) is 14.8 Å². The minimum atomic E-state index is -1.19. The van der Waals surface area contributed by atoms with Crippen LogP contribution in [0.5, 0.6) is 0 Å². The molecule has 2 aromatic rings. The van der Waals surface area contributed by atoms with Gasteiger partial charge in [0.15, 0.2) is 16.6 Å². The smallest absolute Gasteiger partial charge is 0.356 e. The molecule has 0 aliphatic carbocycles. The molecular formula is C12H13N3O3S2. The highest BCUT2D eigenvalue weighted by Crippen LogP contribution is 2.25. The minimum absolute atomic E-state index is 0.168. The third-order valence-corrected chi connectivity index (χ3v) is 4.70. The lowest BCUT2D eigenvalue weighted by Gasteiger charge is -2.08. The second-order valence-electron chi connectivity index (χ2n) is 4.21. The molecule has 20 heavy (non-hydrogen) atoms. The number of ketones is 1. The van der Waals surface area contributed by atoms with Gasteiger partial charge in [-0.05, 0) is 0 Å². The van der Waals surface area contributed by atoms with E-state index in [1.807, 2.05) is 12.3 Å². The van der Waals surface area contributed by atoms with Crippen molar-refractivity contribution in [2.75, 3.05) is 11.9 Å². The summed E-state index contributed by atoms with van der Waals surface area (Å²) in [6.07, 6.45) is 1.75. The first-order chi connectivity index (χ1) is 9.49. The Balaban J connectivity index is 2.08. The van der Waals surface area contributed by atoms with Crippen molar-refractivity contribution in [1.29, 1.82) is 0 Å². The first kappa shape index (κ1) is 14.6. The van der Waals surface area contributed by atoms with Crippen LogP contribution in [0.2, 0.25) is 0 Å². The molecule has 0 aliphatic rings. The summed E-state index contributed by atoms with van der Waals surface area (Å²) >= 11 is 2.63. The quantitative estimate of drug-likeness (QED) is 0.797. The van der Waals surface area contributed by atoms with Gasteiger partial charge in [0.05, 0.1) is 5.01 Å². The largest absolute Gasteiger partial charge is 0.476 e. The third-order valence-electron chi connectivity index (χ3n) is 2.58. The number of carboxylic acids is 1. The number of hydrogen-bond donors (Lipinski definition) is 2. The average molecular weight is 311 g/mol. The van der Waals surface area contributed by atoms with Crippen LogP contribution in [0.4, 0.5) is 5.13 Å². The summed E-state index contributed by atoms with van der Waals surface area (Å²) in [4.78, 5) is 30.7. The zero-order valence-electron chi connectivity index (χ0n) is 10.9. The highest BCUT2D eigenvalue weighted by molar-refractivity contribution is 7.17. The number of carbonyl (C=O) groups is 2. The van der Waals surface area contributed by atoms with Crippen LogP contribution in [0.25, 0.3) is 0 Å². The van der Waals surface area contributed by atoms with Crippen molar-refractivity contribution in [2.24, 2.45) is 0 Å². The van der Waals surface area contributed by atoms with Gasteiger partial charge in [-0.3, -0.25) is 4.79 Å². The van der Waals surface area contributed by atoms with Gasteiger partial charge >= 0.3 is 5.97 Å². The number of carbonyl (C=O) groups excluding carboxylic acids is 1. The van der Waals surface area contributed by atoms with Crippen molar-refractivity contribution in [2.45, 2.75) is 19.8 Å². The molecule has 2 aromatic heterocycles. The Morgan fingerprint density at radius 1 is 1.50 bits per heavy atom. The molecule has 6 nitrogen and oxygen atoms in total. The molecule has 0 aliphatic heterocycles. The highest BCUT2D eigenvalue weighted by Gasteiger charge is 2.20. The van der Waals surface area contributed by atoms with Gasteiger partial charge in [0.1, 0.15) is 4.88 Å². The molecule has 0 saturated heterocycles. The normalized spacial score (nSPS) is 12.1. The van der Waals surface area contributed by atoms with Crippen LogP contribution in [-0.2, 0) is 0 Å². The van der Waals surface area contributed by atoms with Crippen LogP contribution in [0.1, 0.15) is 44.9 Å². The fourth-order valence-corrected chi connectivity index (χ4v) is 3.14. The van der Waals surface area contributed by atoms with Crippen molar-refractivity contribution in [1.82, 2.24) is 9.97 Å². The van der Waals surface area contributed by atoms with Crippen LogP contribution >= 0.6 is 22.7 Å². The molecule has 0 radical (unpaired) electrons. The van der Waals surface area contributed by atoms with Crippen molar-refractivity contribution in [3.63, 3.8) is 0 Å². The molecule has 2 rings (SSSR count). The Morgan fingerprint density at radius 2 is 2.25 bits per heavy atom. The summed E-state index contributed by atoms with van der Waals surface area (Å²) in [6, 6.07) is 0. The molecule has 2 heterocycles. The van der Waals surface area contributed by atoms with Gasteiger partial charge in [-0.15, -0.1) is 11.3 Å². The minimum Gasteiger partial charge on any atom is -0.476 e. The molecule has 0 amide bonds. The van der Waals surface area contributed by atoms with Crippen LogP contribution < -0.4 is 5.32 Å². The first-order valence-corrected chi connectivity index (χ1v) is 7.57. The van der Waals surface area contributed by atoms with Gasteiger partial charge in [0.2, 0.25) is 0 Å². The van der Waals surface area contributed by atoms with Crippen LogP contribution in [0.15, 0.2) is 11.6 Å². The van der Waals surface area contributed by atoms with Gasteiger partial charge in [0.25, 0.3) is 0 Å². The molecule has 8 heteroatoms. The summed E-state index contributed by atoms with van der Waals surface area (Å²) in [5.41, 5.74) is -0.188. The van der Waals surface area contributed by atoms with E-state index in [2.05, 4.69) is 15.3 Å². The third kappa shape index (κ3) is 3.20. The van der Waals surface area contributed by atoms with Crippen molar-refractivity contribution < 1.29 is 14.7 Å². The summed E-state index contributed by atoms with van der Waals surface area (Å²) < 4.78 is 0. The monoisotopic (exact) mass is 311 g/mol. The van der Waals surface area contributed by atoms with E-state index in [9.17, 15) is 9.59 Å². The fourth-order valence-electron chi connectivity index (χ4n) is 1.58. The molecule has 0 bridgehead atoms.